The Morgan fingerprint density at radius 1 is 1.02 bits per heavy atom. The van der Waals surface area contributed by atoms with Gasteiger partial charge in [-0.25, -0.2) is 4.79 Å². The third kappa shape index (κ3) is 8.27. The number of piperidine rings is 1. The van der Waals surface area contributed by atoms with E-state index in [1.54, 1.807) is 0 Å². The number of carbonyl (C=O) groups is 5. The van der Waals surface area contributed by atoms with Gasteiger partial charge in [0.2, 0.25) is 11.8 Å². The fourth-order valence-electron chi connectivity index (χ4n) is 5.87. The Labute approximate surface area is 261 Å². The number of fused-ring (bicyclic) bond motifs is 3. The highest BCUT2D eigenvalue weighted by atomic mass is 32.2. The number of hydrogen-bond donors (Lipinski definition) is 2. The first-order valence-electron chi connectivity index (χ1n) is 14.6. The molecule has 0 spiro atoms. The van der Waals surface area contributed by atoms with Crippen LogP contribution in [-0.2, 0) is 30.4 Å². The first-order valence-corrected chi connectivity index (χ1v) is 16.3. The molecule has 1 fully saturated rings. The van der Waals surface area contributed by atoms with Gasteiger partial charge in [-0.3, -0.25) is 19.2 Å². The largest absolute Gasteiger partial charge is 0.480 e. The monoisotopic (exact) mass is 625 g/mol. The van der Waals surface area contributed by atoms with Crippen LogP contribution in [0, 0.1) is 0 Å². The first kappa shape index (κ1) is 32.8. The molecule has 0 aliphatic carbocycles. The summed E-state index contributed by atoms with van der Waals surface area (Å²) in [5.74, 6) is -2.05. The summed E-state index contributed by atoms with van der Waals surface area (Å²) in [7, 11) is 3.85. The van der Waals surface area contributed by atoms with Crippen molar-refractivity contribution in [3.63, 3.8) is 0 Å². The van der Waals surface area contributed by atoms with E-state index in [4.69, 9.17) is 0 Å². The van der Waals surface area contributed by atoms with Crippen molar-refractivity contribution in [2.24, 2.45) is 0 Å². The summed E-state index contributed by atoms with van der Waals surface area (Å²) in [6, 6.07) is 14.3. The molecule has 1 saturated heterocycles. The zero-order chi connectivity index (χ0) is 31.1. The van der Waals surface area contributed by atoms with Gasteiger partial charge < -0.3 is 20.2 Å². The Hall–Kier alpha value is -3.15. The lowest BCUT2D eigenvalue weighted by Gasteiger charge is -2.40. The summed E-state index contributed by atoms with van der Waals surface area (Å²) in [5, 5.41) is 10.9. The second-order valence-electron chi connectivity index (χ2n) is 11.3. The number of carbonyl (C=O) groups excluding carboxylic acids is 4. The predicted octanol–water partition coefficient (Wildman–Crippen LogP) is 4.23. The Balaban J connectivity index is 1.67. The molecule has 230 valence electrons. The Morgan fingerprint density at radius 2 is 1.72 bits per heavy atom. The van der Waals surface area contributed by atoms with Gasteiger partial charge in [0, 0.05) is 19.8 Å². The van der Waals surface area contributed by atoms with Crippen molar-refractivity contribution in [1.29, 1.82) is 0 Å². The molecule has 0 bridgehead atoms. The van der Waals surface area contributed by atoms with Crippen LogP contribution in [0.4, 0.5) is 0 Å². The lowest BCUT2D eigenvalue weighted by atomic mass is 9.89. The number of carboxylic acid groups (broad SMARTS) is 1. The van der Waals surface area contributed by atoms with Gasteiger partial charge in [0.25, 0.3) is 0 Å². The van der Waals surface area contributed by atoms with Crippen LogP contribution in [0.3, 0.4) is 0 Å². The van der Waals surface area contributed by atoms with Crippen LogP contribution in [0.2, 0.25) is 0 Å². The maximum absolute atomic E-state index is 14.2. The minimum atomic E-state index is -1.07. The number of hydrogen-bond acceptors (Lipinski definition) is 8. The van der Waals surface area contributed by atoms with E-state index in [-0.39, 0.29) is 23.1 Å². The van der Waals surface area contributed by atoms with Crippen molar-refractivity contribution in [3.8, 4) is 0 Å². The number of benzene rings is 2. The molecular formula is C32H39N3O6S2. The average Bonchev–Trinajstić information content (AvgIpc) is 3.09. The summed E-state index contributed by atoms with van der Waals surface area (Å²) in [6.07, 6.45) is 2.72. The van der Waals surface area contributed by atoms with Gasteiger partial charge in [0.05, 0.1) is 11.3 Å². The Morgan fingerprint density at radius 3 is 2.40 bits per heavy atom. The number of rotatable bonds is 11. The summed E-state index contributed by atoms with van der Waals surface area (Å²) in [5.41, 5.74) is 2.49. The molecule has 0 radical (unpaired) electrons. The van der Waals surface area contributed by atoms with Crippen LogP contribution >= 0.6 is 23.5 Å². The van der Waals surface area contributed by atoms with Gasteiger partial charge in [0.1, 0.15) is 17.3 Å². The molecule has 2 aliphatic heterocycles. The molecule has 2 N–H and O–H groups in total. The van der Waals surface area contributed by atoms with E-state index in [1.165, 1.54) is 11.8 Å². The predicted molar refractivity (Wildman–Crippen MR) is 169 cm³/mol. The lowest BCUT2D eigenvalue weighted by molar-refractivity contribution is -0.156. The molecule has 4 rings (SSSR count). The van der Waals surface area contributed by atoms with Gasteiger partial charge >= 0.3 is 5.97 Å². The van der Waals surface area contributed by atoms with Gasteiger partial charge in [-0.15, -0.1) is 0 Å². The van der Waals surface area contributed by atoms with Gasteiger partial charge in [-0.05, 0) is 63.0 Å². The van der Waals surface area contributed by atoms with Gasteiger partial charge in [0.15, 0.2) is 10.2 Å². The molecule has 2 aliphatic rings. The van der Waals surface area contributed by atoms with Crippen LogP contribution in [0.1, 0.15) is 67.0 Å². The topological polar surface area (TPSA) is 124 Å². The molecule has 4 unspecified atom stereocenters. The quantitative estimate of drug-likeness (QED) is 0.378. The standard InChI is InChI=1S/C32H39N3O6S2/c1-20(36)42-28(21-11-5-4-6-12-21)29(43-27(37)17-10-18-34(2)3)30(38)33-24-19-22-13-7-8-14-23(22)25-15-9-16-26(32(40)41)35(25)31(24)39/h4-8,11-14,24-26,28-29H,9-10,15-19H2,1-3H3,(H,33,38)(H,40,41)/t24?,25?,26?,28?,29-/m1/s1. The molecule has 43 heavy (non-hydrogen) atoms. The number of nitrogens with one attached hydrogen (secondary N) is 1. The minimum absolute atomic E-state index is 0.174. The van der Waals surface area contributed by atoms with E-state index in [1.807, 2.05) is 73.6 Å². The van der Waals surface area contributed by atoms with Crippen LogP contribution in [0.5, 0.6) is 0 Å². The zero-order valence-corrected chi connectivity index (χ0v) is 26.4. The summed E-state index contributed by atoms with van der Waals surface area (Å²) < 4.78 is 0. The first-order chi connectivity index (χ1) is 20.6. The maximum atomic E-state index is 14.2. The molecule has 0 aromatic heterocycles. The molecule has 5 atom stereocenters. The minimum Gasteiger partial charge on any atom is -0.480 e. The van der Waals surface area contributed by atoms with Crippen molar-refractivity contribution in [2.45, 2.75) is 74.1 Å². The fraction of sp³-hybridized carbons (Fsp3) is 0.469. The highest BCUT2D eigenvalue weighted by Gasteiger charge is 2.45. The van der Waals surface area contributed by atoms with Crippen molar-refractivity contribution in [2.75, 3.05) is 20.6 Å². The number of nitrogens with zero attached hydrogens (tertiary/aromatic N) is 2. The maximum Gasteiger partial charge on any atom is 0.326 e. The van der Waals surface area contributed by atoms with Crippen LogP contribution in [-0.4, -0.2) is 80.9 Å². The van der Waals surface area contributed by atoms with Crippen molar-refractivity contribution in [3.05, 3.63) is 71.3 Å². The van der Waals surface area contributed by atoms with Crippen molar-refractivity contribution in [1.82, 2.24) is 15.1 Å². The van der Waals surface area contributed by atoms with E-state index in [0.717, 1.165) is 40.2 Å². The van der Waals surface area contributed by atoms with Crippen LogP contribution in [0.15, 0.2) is 54.6 Å². The highest BCUT2D eigenvalue weighted by molar-refractivity contribution is 8.17. The van der Waals surface area contributed by atoms with E-state index in [9.17, 15) is 29.1 Å². The van der Waals surface area contributed by atoms with E-state index in [2.05, 4.69) is 5.32 Å². The van der Waals surface area contributed by atoms with Gasteiger partial charge in [-0.1, -0.05) is 78.1 Å². The average molecular weight is 626 g/mol. The summed E-state index contributed by atoms with van der Waals surface area (Å²) in [6.45, 7) is 2.14. The number of aliphatic carboxylic acids is 1. The summed E-state index contributed by atoms with van der Waals surface area (Å²) in [4.78, 5) is 69.5. The number of thioether (sulfide) groups is 2. The Bertz CT molecular complexity index is 1340. The van der Waals surface area contributed by atoms with E-state index >= 15 is 0 Å². The number of amides is 2. The van der Waals surface area contributed by atoms with E-state index in [0.29, 0.717) is 32.2 Å². The van der Waals surface area contributed by atoms with Crippen LogP contribution < -0.4 is 5.32 Å². The molecule has 11 heteroatoms. The molecule has 2 heterocycles. The molecule has 2 aromatic rings. The van der Waals surface area contributed by atoms with Crippen molar-refractivity contribution < 1.29 is 29.1 Å². The molecular weight excluding hydrogens is 587 g/mol. The summed E-state index contributed by atoms with van der Waals surface area (Å²) >= 11 is 1.88. The SMILES string of the molecule is CC(=O)SC(c1ccccc1)[C@@H](SC(=O)CCCN(C)C)C(=O)NC1Cc2ccccc2C2CCCC(C(=O)O)N2C1=O. The molecule has 0 saturated carbocycles. The number of carboxylic acids is 1. The van der Waals surface area contributed by atoms with E-state index < -0.39 is 46.4 Å². The van der Waals surface area contributed by atoms with Gasteiger partial charge in [-0.2, -0.15) is 0 Å². The second kappa shape index (κ2) is 15.0. The zero-order valence-electron chi connectivity index (χ0n) is 24.7. The highest BCUT2D eigenvalue weighted by Crippen LogP contribution is 2.41. The normalized spacial score (nSPS) is 21.3. The molecule has 2 aromatic carbocycles. The third-order valence-corrected chi connectivity index (χ3v) is 10.3. The smallest absolute Gasteiger partial charge is 0.326 e. The fourth-order valence-corrected chi connectivity index (χ4v) is 8.11. The third-order valence-electron chi connectivity index (χ3n) is 7.82. The molecule has 9 nitrogen and oxygen atoms in total. The lowest BCUT2D eigenvalue weighted by Crippen LogP contribution is -2.56. The Kier molecular flexibility index (Phi) is 11.5. The second-order valence-corrected chi connectivity index (χ2v) is 13.8. The van der Waals surface area contributed by atoms with Crippen LogP contribution in [0.25, 0.3) is 0 Å². The van der Waals surface area contributed by atoms with Crippen molar-refractivity contribution >= 4 is 51.5 Å². The molecule has 2 amide bonds.